The molecule has 0 aliphatic rings. The molecule has 1 rings (SSSR count). The molecule has 0 saturated heterocycles. The smallest absolute Gasteiger partial charge is 0.321 e. The topological polar surface area (TPSA) is 72.9 Å². The number of esters is 1. The Morgan fingerprint density at radius 3 is 2.52 bits per heavy atom. The number of nitrogens with zero attached hydrogens (tertiary/aromatic N) is 1. The summed E-state index contributed by atoms with van der Waals surface area (Å²) >= 11 is 3.23. The zero-order valence-corrected chi connectivity index (χ0v) is 14.5. The molecule has 1 aromatic rings. The Bertz CT molecular complexity index is 603. The van der Waals surface area contributed by atoms with Crippen LogP contribution in [0.3, 0.4) is 0 Å². The number of likely N-dealkylation sites (N-methyl/N-ethyl adjacent to an activating group) is 1. The summed E-state index contributed by atoms with van der Waals surface area (Å²) in [6.07, 6.45) is 0. The van der Waals surface area contributed by atoms with E-state index in [9.17, 15) is 13.2 Å². The van der Waals surface area contributed by atoms with Gasteiger partial charge in [-0.25, -0.2) is 8.42 Å². The Morgan fingerprint density at radius 2 is 2.00 bits per heavy atom. The highest BCUT2D eigenvalue weighted by atomic mass is 79.9. The van der Waals surface area contributed by atoms with Crippen molar-refractivity contribution in [2.45, 2.75) is 18.7 Å². The number of ether oxygens (including phenoxy) is 2. The summed E-state index contributed by atoms with van der Waals surface area (Å²) in [6, 6.07) is 4.68. The van der Waals surface area contributed by atoms with Crippen LogP contribution in [0.25, 0.3) is 0 Å². The monoisotopic (exact) mass is 379 g/mol. The van der Waals surface area contributed by atoms with Crippen molar-refractivity contribution in [1.82, 2.24) is 4.31 Å². The zero-order chi connectivity index (χ0) is 16.0. The summed E-state index contributed by atoms with van der Waals surface area (Å²) < 4.78 is 36.9. The minimum atomic E-state index is -3.85. The fraction of sp³-hybridized carbons (Fsp3) is 0.462. The van der Waals surface area contributed by atoms with Crippen LogP contribution in [0.5, 0.6) is 5.75 Å². The molecule has 0 N–H and O–H groups in total. The number of hydrogen-bond acceptors (Lipinski definition) is 5. The molecule has 0 atom stereocenters. The summed E-state index contributed by atoms with van der Waals surface area (Å²) in [5.74, 6) is -0.364. The van der Waals surface area contributed by atoms with E-state index in [0.717, 1.165) is 4.31 Å². The Labute approximate surface area is 133 Å². The number of rotatable bonds is 7. The van der Waals surface area contributed by atoms with Gasteiger partial charge in [-0.2, -0.15) is 4.31 Å². The lowest BCUT2D eigenvalue weighted by Crippen LogP contribution is -2.36. The summed E-state index contributed by atoms with van der Waals surface area (Å²) in [5, 5.41) is 0. The quantitative estimate of drug-likeness (QED) is 0.677. The average Bonchev–Trinajstić information content (AvgIpc) is 2.44. The molecule has 0 spiro atoms. The van der Waals surface area contributed by atoms with Crippen molar-refractivity contribution in [3.8, 4) is 5.75 Å². The van der Waals surface area contributed by atoms with Crippen LogP contribution in [0.15, 0.2) is 27.6 Å². The van der Waals surface area contributed by atoms with Gasteiger partial charge in [-0.15, -0.1) is 0 Å². The molecule has 8 heteroatoms. The van der Waals surface area contributed by atoms with E-state index in [1.807, 2.05) is 0 Å². The number of hydrogen-bond donors (Lipinski definition) is 0. The zero-order valence-electron chi connectivity index (χ0n) is 12.1. The molecule has 0 amide bonds. The molecule has 6 nitrogen and oxygen atoms in total. The first-order valence-electron chi connectivity index (χ1n) is 6.36. The molecular weight excluding hydrogens is 362 g/mol. The maximum atomic E-state index is 12.7. The van der Waals surface area contributed by atoms with Crippen molar-refractivity contribution < 1.29 is 22.7 Å². The van der Waals surface area contributed by atoms with Gasteiger partial charge < -0.3 is 9.47 Å². The molecule has 0 bridgehead atoms. The molecule has 118 valence electrons. The lowest BCUT2D eigenvalue weighted by Gasteiger charge is -2.21. The van der Waals surface area contributed by atoms with Gasteiger partial charge in [0.1, 0.15) is 17.2 Å². The van der Waals surface area contributed by atoms with Crippen LogP contribution < -0.4 is 4.74 Å². The van der Waals surface area contributed by atoms with Crippen LogP contribution in [0.4, 0.5) is 0 Å². The molecular formula is C13H18BrNO5S. The van der Waals surface area contributed by atoms with E-state index < -0.39 is 16.0 Å². The van der Waals surface area contributed by atoms with Crippen molar-refractivity contribution in [3.63, 3.8) is 0 Å². The highest BCUT2D eigenvalue weighted by Crippen LogP contribution is 2.29. The molecule has 0 aliphatic heterocycles. The number of benzene rings is 1. The first-order chi connectivity index (χ1) is 9.86. The third-order valence-electron chi connectivity index (χ3n) is 2.71. The van der Waals surface area contributed by atoms with E-state index in [0.29, 0.717) is 4.47 Å². The highest BCUT2D eigenvalue weighted by molar-refractivity contribution is 9.10. The van der Waals surface area contributed by atoms with Crippen molar-refractivity contribution in [1.29, 1.82) is 0 Å². The van der Waals surface area contributed by atoms with E-state index in [1.54, 1.807) is 26.0 Å². The average molecular weight is 380 g/mol. The third kappa shape index (κ3) is 4.42. The Morgan fingerprint density at radius 1 is 1.33 bits per heavy atom. The lowest BCUT2D eigenvalue weighted by molar-refractivity contribution is -0.143. The van der Waals surface area contributed by atoms with Gasteiger partial charge in [0.15, 0.2) is 0 Å². The van der Waals surface area contributed by atoms with E-state index >= 15 is 0 Å². The van der Waals surface area contributed by atoms with Crippen LogP contribution in [-0.2, 0) is 19.6 Å². The first-order valence-corrected chi connectivity index (χ1v) is 8.59. The fourth-order valence-electron chi connectivity index (χ4n) is 1.71. The number of sulfonamides is 1. The number of carbonyl (C=O) groups excluding carboxylic acids is 1. The summed E-state index contributed by atoms with van der Waals surface area (Å²) in [5.41, 5.74) is 0. The molecule has 0 radical (unpaired) electrons. The maximum Gasteiger partial charge on any atom is 0.321 e. The van der Waals surface area contributed by atoms with Gasteiger partial charge in [-0.3, -0.25) is 4.79 Å². The van der Waals surface area contributed by atoms with Crippen molar-refractivity contribution in [3.05, 3.63) is 22.7 Å². The van der Waals surface area contributed by atoms with Crippen molar-refractivity contribution >= 4 is 31.9 Å². The summed E-state index contributed by atoms with van der Waals surface area (Å²) in [4.78, 5) is 11.5. The molecule has 21 heavy (non-hydrogen) atoms. The third-order valence-corrected chi connectivity index (χ3v) is 5.14. The van der Waals surface area contributed by atoms with E-state index in [4.69, 9.17) is 9.47 Å². The van der Waals surface area contributed by atoms with Gasteiger partial charge in [-0.1, -0.05) is 22.9 Å². The van der Waals surface area contributed by atoms with Crippen molar-refractivity contribution in [2.75, 3.05) is 26.8 Å². The Hall–Kier alpha value is -1.12. The normalized spacial score (nSPS) is 11.5. The fourth-order valence-corrected chi connectivity index (χ4v) is 3.80. The largest absolute Gasteiger partial charge is 0.495 e. The van der Waals surface area contributed by atoms with Gasteiger partial charge >= 0.3 is 5.97 Å². The van der Waals surface area contributed by atoms with E-state index in [1.165, 1.54) is 13.2 Å². The van der Waals surface area contributed by atoms with E-state index in [-0.39, 0.29) is 30.3 Å². The second-order valence-electron chi connectivity index (χ2n) is 4.03. The summed E-state index contributed by atoms with van der Waals surface area (Å²) in [7, 11) is -2.46. The SMILES string of the molecule is CCOC(=O)CN(CC)S(=O)(=O)c1cc(Br)ccc1OC. The van der Waals surface area contributed by atoms with Gasteiger partial charge in [0.25, 0.3) is 0 Å². The second kappa shape index (κ2) is 7.77. The van der Waals surface area contributed by atoms with Gasteiger partial charge in [0.2, 0.25) is 10.0 Å². The Balaban J connectivity index is 3.18. The van der Waals surface area contributed by atoms with Crippen LogP contribution in [0, 0.1) is 0 Å². The van der Waals surface area contributed by atoms with Crippen LogP contribution in [0.2, 0.25) is 0 Å². The molecule has 0 saturated carbocycles. The molecule has 0 heterocycles. The van der Waals surface area contributed by atoms with Crippen LogP contribution in [0.1, 0.15) is 13.8 Å². The minimum absolute atomic E-state index is 0.00511. The summed E-state index contributed by atoms with van der Waals surface area (Å²) in [6.45, 7) is 3.34. The van der Waals surface area contributed by atoms with Gasteiger partial charge in [0, 0.05) is 11.0 Å². The molecule has 0 aliphatic carbocycles. The van der Waals surface area contributed by atoms with Gasteiger partial charge in [-0.05, 0) is 25.1 Å². The number of methoxy groups -OCH3 is 1. The standard InChI is InChI=1S/C13H18BrNO5S/c1-4-15(9-13(16)20-5-2)21(17,18)12-8-10(14)6-7-11(12)19-3/h6-8H,4-5,9H2,1-3H3. The van der Waals surface area contributed by atoms with Crippen LogP contribution in [-0.4, -0.2) is 45.5 Å². The molecule has 0 aromatic heterocycles. The molecule has 1 aromatic carbocycles. The molecule has 0 fully saturated rings. The van der Waals surface area contributed by atoms with Crippen LogP contribution >= 0.6 is 15.9 Å². The number of carbonyl (C=O) groups is 1. The first kappa shape index (κ1) is 17.9. The second-order valence-corrected chi connectivity index (χ2v) is 6.85. The minimum Gasteiger partial charge on any atom is -0.495 e. The van der Waals surface area contributed by atoms with E-state index in [2.05, 4.69) is 15.9 Å². The van der Waals surface area contributed by atoms with Crippen molar-refractivity contribution in [2.24, 2.45) is 0 Å². The lowest BCUT2D eigenvalue weighted by atomic mass is 10.3. The van der Waals surface area contributed by atoms with Gasteiger partial charge in [0.05, 0.1) is 13.7 Å². The maximum absolute atomic E-state index is 12.7. The number of halogens is 1. The predicted molar refractivity (Wildman–Crippen MR) is 81.8 cm³/mol. The molecule has 0 unspecified atom stereocenters. The highest BCUT2D eigenvalue weighted by Gasteiger charge is 2.29. The predicted octanol–water partition coefficient (Wildman–Crippen LogP) is 2.03. The Kier molecular flexibility index (Phi) is 6.63.